The van der Waals surface area contributed by atoms with Crippen molar-refractivity contribution in [3.63, 3.8) is 0 Å². The van der Waals surface area contributed by atoms with Crippen LogP contribution in [-0.2, 0) is 22.6 Å². The van der Waals surface area contributed by atoms with Crippen molar-refractivity contribution < 1.29 is 26.3 Å². The number of fused-ring (bicyclic) bond motifs is 1. The molecule has 0 spiro atoms. The highest BCUT2D eigenvalue weighted by molar-refractivity contribution is 7.92. The van der Waals surface area contributed by atoms with Gasteiger partial charge in [0.2, 0.25) is 5.88 Å². The number of rotatable bonds is 6. The molecular formula is C29H25F3N6O3S. The summed E-state index contributed by atoms with van der Waals surface area (Å²) in [5.41, 5.74) is 1.43. The number of alkyl halides is 3. The standard InChI is InChI=1S/C29H25F3N6O3S/c1-18-16-37(17-33-18)23-13-12-22(34-28(23)41-2)26-35-27-25(19-8-10-20(11-9-19)29(30,31)32)24(14-15-38(27)36-26)42(39,40)21-6-4-3-5-7-21/h3-13,16-17,24-25H,14-15H2,1-2H3/t24?,25-/m0/s1. The predicted molar refractivity (Wildman–Crippen MR) is 147 cm³/mol. The maximum atomic E-state index is 13.9. The van der Waals surface area contributed by atoms with Crippen LogP contribution in [0.15, 0.2) is 84.1 Å². The number of imidazole rings is 1. The zero-order valence-electron chi connectivity index (χ0n) is 22.5. The smallest absolute Gasteiger partial charge is 0.416 e. The van der Waals surface area contributed by atoms with E-state index in [4.69, 9.17) is 9.72 Å². The lowest BCUT2D eigenvalue weighted by Crippen LogP contribution is -2.36. The van der Waals surface area contributed by atoms with Gasteiger partial charge in [-0.15, -0.1) is 5.10 Å². The third-order valence-electron chi connectivity index (χ3n) is 7.30. The molecule has 0 N–H and O–H groups in total. The zero-order chi connectivity index (χ0) is 29.6. The third-order valence-corrected chi connectivity index (χ3v) is 9.53. The van der Waals surface area contributed by atoms with Gasteiger partial charge in [-0.25, -0.2) is 28.1 Å². The van der Waals surface area contributed by atoms with Crippen molar-refractivity contribution in [2.24, 2.45) is 0 Å². The second-order valence-electron chi connectivity index (χ2n) is 9.95. The number of halogens is 3. The summed E-state index contributed by atoms with van der Waals surface area (Å²) in [6.45, 7) is 2.11. The van der Waals surface area contributed by atoms with E-state index in [2.05, 4.69) is 15.1 Å². The summed E-state index contributed by atoms with van der Waals surface area (Å²) in [7, 11) is -2.40. The predicted octanol–water partition coefficient (Wildman–Crippen LogP) is 5.24. The maximum absolute atomic E-state index is 13.9. The van der Waals surface area contributed by atoms with E-state index in [0.29, 0.717) is 28.6 Å². The lowest BCUT2D eigenvalue weighted by molar-refractivity contribution is -0.137. The summed E-state index contributed by atoms with van der Waals surface area (Å²) >= 11 is 0. The van der Waals surface area contributed by atoms with Gasteiger partial charge in [-0.1, -0.05) is 30.3 Å². The Labute approximate surface area is 239 Å². The van der Waals surface area contributed by atoms with Gasteiger partial charge in [0.1, 0.15) is 17.2 Å². The highest BCUT2D eigenvalue weighted by Gasteiger charge is 2.43. The van der Waals surface area contributed by atoms with Gasteiger partial charge in [0, 0.05) is 12.7 Å². The lowest BCUT2D eigenvalue weighted by Gasteiger charge is -2.31. The van der Waals surface area contributed by atoms with Crippen molar-refractivity contribution in [1.29, 1.82) is 0 Å². The number of methoxy groups -OCH3 is 1. The number of ether oxygens (including phenoxy) is 1. The summed E-state index contributed by atoms with van der Waals surface area (Å²) in [5, 5.41) is 3.64. The van der Waals surface area contributed by atoms with Crippen LogP contribution in [0, 0.1) is 6.92 Å². The molecule has 6 rings (SSSR count). The molecule has 1 aliphatic heterocycles. The molecule has 1 unspecified atom stereocenters. The summed E-state index contributed by atoms with van der Waals surface area (Å²) in [5.74, 6) is 0.00556. The molecule has 0 bridgehead atoms. The average Bonchev–Trinajstić information content (AvgIpc) is 3.62. The topological polar surface area (TPSA) is 105 Å². The van der Waals surface area contributed by atoms with Crippen LogP contribution in [0.3, 0.4) is 0 Å². The zero-order valence-corrected chi connectivity index (χ0v) is 23.3. The van der Waals surface area contributed by atoms with E-state index in [9.17, 15) is 21.6 Å². The molecule has 5 aromatic rings. The van der Waals surface area contributed by atoms with E-state index >= 15 is 0 Å². The minimum atomic E-state index is -4.53. The summed E-state index contributed by atoms with van der Waals surface area (Å²) < 4.78 is 76.6. The molecule has 0 saturated heterocycles. The molecule has 13 heteroatoms. The van der Waals surface area contributed by atoms with Crippen molar-refractivity contribution in [2.45, 2.75) is 42.1 Å². The number of aromatic nitrogens is 6. The molecule has 2 aromatic carbocycles. The molecule has 0 radical (unpaired) electrons. The van der Waals surface area contributed by atoms with Gasteiger partial charge in [0.05, 0.1) is 40.8 Å². The molecule has 3 aromatic heterocycles. The number of benzene rings is 2. The third kappa shape index (κ3) is 4.93. The van der Waals surface area contributed by atoms with E-state index in [0.717, 1.165) is 17.8 Å². The Morgan fingerprint density at radius 1 is 0.976 bits per heavy atom. The first-order valence-electron chi connectivity index (χ1n) is 13.0. The van der Waals surface area contributed by atoms with E-state index in [1.165, 1.54) is 31.4 Å². The summed E-state index contributed by atoms with van der Waals surface area (Å²) in [6, 6.07) is 16.1. The van der Waals surface area contributed by atoms with Gasteiger partial charge >= 0.3 is 6.18 Å². The minimum absolute atomic E-state index is 0.136. The van der Waals surface area contributed by atoms with E-state index in [1.54, 1.807) is 45.9 Å². The Hall–Kier alpha value is -4.52. The van der Waals surface area contributed by atoms with Crippen LogP contribution in [0.2, 0.25) is 0 Å². The van der Waals surface area contributed by atoms with Gasteiger partial charge < -0.3 is 9.30 Å². The van der Waals surface area contributed by atoms with Gasteiger partial charge in [0.25, 0.3) is 0 Å². The van der Waals surface area contributed by atoms with E-state index in [-0.39, 0.29) is 23.7 Å². The van der Waals surface area contributed by atoms with Crippen molar-refractivity contribution >= 4 is 9.84 Å². The molecule has 42 heavy (non-hydrogen) atoms. The largest absolute Gasteiger partial charge is 0.479 e. The normalized spacial score (nSPS) is 17.2. The van der Waals surface area contributed by atoms with Gasteiger partial charge in [0.15, 0.2) is 15.7 Å². The van der Waals surface area contributed by atoms with Crippen LogP contribution in [0.5, 0.6) is 5.88 Å². The Morgan fingerprint density at radius 2 is 1.71 bits per heavy atom. The van der Waals surface area contributed by atoms with Crippen molar-refractivity contribution in [2.75, 3.05) is 7.11 Å². The molecule has 4 heterocycles. The van der Waals surface area contributed by atoms with Crippen LogP contribution in [0.25, 0.3) is 17.2 Å². The Bertz CT molecular complexity index is 1850. The maximum Gasteiger partial charge on any atom is 0.416 e. The van der Waals surface area contributed by atoms with Crippen LogP contribution < -0.4 is 4.74 Å². The van der Waals surface area contributed by atoms with Crippen molar-refractivity contribution in [3.8, 4) is 23.1 Å². The monoisotopic (exact) mass is 594 g/mol. The van der Waals surface area contributed by atoms with E-state index < -0.39 is 32.7 Å². The van der Waals surface area contributed by atoms with Crippen LogP contribution in [-0.4, -0.2) is 50.1 Å². The van der Waals surface area contributed by atoms with Crippen LogP contribution in [0.4, 0.5) is 13.2 Å². The first-order valence-corrected chi connectivity index (χ1v) is 14.6. The summed E-state index contributed by atoms with van der Waals surface area (Å²) in [6.07, 6.45) is -0.868. The van der Waals surface area contributed by atoms with Gasteiger partial charge in [-0.2, -0.15) is 13.2 Å². The molecule has 0 fully saturated rings. The molecule has 9 nitrogen and oxygen atoms in total. The second kappa shape index (κ2) is 10.4. The molecule has 0 amide bonds. The van der Waals surface area contributed by atoms with E-state index in [1.807, 2.05) is 13.1 Å². The second-order valence-corrected chi connectivity index (χ2v) is 12.1. The number of pyridine rings is 1. The number of nitrogens with zero attached hydrogens (tertiary/aromatic N) is 6. The fraction of sp³-hybridized carbons (Fsp3) is 0.241. The minimum Gasteiger partial charge on any atom is -0.479 e. The molecule has 216 valence electrons. The van der Waals surface area contributed by atoms with Crippen LogP contribution in [0.1, 0.15) is 35.0 Å². The fourth-order valence-corrected chi connectivity index (χ4v) is 7.20. The molecular weight excluding hydrogens is 569 g/mol. The molecule has 2 atom stereocenters. The number of hydrogen-bond acceptors (Lipinski definition) is 7. The van der Waals surface area contributed by atoms with Crippen molar-refractivity contribution in [3.05, 3.63) is 102 Å². The van der Waals surface area contributed by atoms with Crippen LogP contribution >= 0.6 is 0 Å². The van der Waals surface area contributed by atoms with Gasteiger partial charge in [-0.3, -0.25) is 0 Å². The van der Waals surface area contributed by atoms with Gasteiger partial charge in [-0.05, 0) is 55.3 Å². The molecule has 0 aliphatic carbocycles. The highest BCUT2D eigenvalue weighted by Crippen LogP contribution is 2.41. The summed E-state index contributed by atoms with van der Waals surface area (Å²) in [4.78, 5) is 13.7. The molecule has 0 saturated carbocycles. The highest BCUT2D eigenvalue weighted by atomic mass is 32.2. The number of aryl methyl sites for hydroxylation is 2. The average molecular weight is 595 g/mol. The lowest BCUT2D eigenvalue weighted by atomic mass is 9.90. The Kier molecular flexibility index (Phi) is 6.84. The first-order chi connectivity index (χ1) is 20.1. The molecule has 1 aliphatic rings. The Morgan fingerprint density at radius 3 is 2.36 bits per heavy atom. The number of sulfone groups is 1. The SMILES string of the molecule is COc1nc(-c2nc3n(n2)CCC(S(=O)(=O)c2ccccc2)[C@@H]3c2ccc(C(F)(F)F)cc2)ccc1-n1cnc(C)c1. The first kappa shape index (κ1) is 27.6. The Balaban J connectivity index is 1.45. The fourth-order valence-electron chi connectivity index (χ4n) is 5.26. The quantitative estimate of drug-likeness (QED) is 0.265. The van der Waals surface area contributed by atoms with Crippen molar-refractivity contribution in [1.82, 2.24) is 29.3 Å². The number of hydrogen-bond donors (Lipinski definition) is 0.